The van der Waals surface area contributed by atoms with Crippen LogP contribution in [-0.2, 0) is 0 Å². The number of hydrogen-bond acceptors (Lipinski definition) is 3. The van der Waals surface area contributed by atoms with Gasteiger partial charge in [0.1, 0.15) is 6.07 Å². The highest BCUT2D eigenvalue weighted by atomic mass is 15.2. The van der Waals surface area contributed by atoms with Gasteiger partial charge in [0.15, 0.2) is 0 Å². The summed E-state index contributed by atoms with van der Waals surface area (Å²) in [5, 5.41) is 9.04. The Labute approximate surface area is 207 Å². The molecule has 35 heavy (non-hydrogen) atoms. The van der Waals surface area contributed by atoms with Crippen molar-refractivity contribution in [3.63, 3.8) is 0 Å². The number of allylic oxidation sites excluding steroid dienone is 3. The summed E-state index contributed by atoms with van der Waals surface area (Å²) in [6, 6.07) is 31.5. The molecule has 0 saturated carbocycles. The molecule has 1 aromatic heterocycles. The largest absolute Gasteiger partial charge is 0.310 e. The topological polar surface area (TPSA) is 39.9 Å². The van der Waals surface area contributed by atoms with Gasteiger partial charge in [-0.1, -0.05) is 66.7 Å². The van der Waals surface area contributed by atoms with Crippen molar-refractivity contribution < 1.29 is 0 Å². The standard InChI is InChI=1S/C32H27N3/c1-23-9-3-6-12-30(23)35(31-13-7-4-10-24(31)2)32-14-8-5-11-28(32)26-16-18-27(19-17-26)29-20-15-25(21-33)22-34-29/h3,5-9,11-20,22H,4,10H2,1-2H3. The highest BCUT2D eigenvalue weighted by Crippen LogP contribution is 2.41. The molecule has 0 aliphatic heterocycles. The predicted molar refractivity (Wildman–Crippen MR) is 144 cm³/mol. The highest BCUT2D eigenvalue weighted by Gasteiger charge is 2.21. The SMILES string of the molecule is CC1=C(N(c2ccccc2C)c2ccccc2-c2ccc(-c3ccc(C#N)cn3)cc2)C=CCC1. The molecular formula is C32H27N3. The Hall–Kier alpha value is -4.42. The van der Waals surface area contributed by atoms with Crippen LogP contribution < -0.4 is 4.90 Å². The van der Waals surface area contributed by atoms with Crippen LogP contribution in [0.2, 0.25) is 0 Å². The summed E-state index contributed by atoms with van der Waals surface area (Å²) in [5.74, 6) is 0. The molecular weight excluding hydrogens is 426 g/mol. The normalized spacial score (nSPS) is 12.9. The molecule has 0 bridgehead atoms. The lowest BCUT2D eigenvalue weighted by atomic mass is 9.97. The van der Waals surface area contributed by atoms with Gasteiger partial charge in [-0.05, 0) is 73.7 Å². The van der Waals surface area contributed by atoms with E-state index in [1.807, 2.05) is 6.07 Å². The fourth-order valence-corrected chi connectivity index (χ4v) is 4.60. The van der Waals surface area contributed by atoms with Crippen molar-refractivity contribution in [3.05, 3.63) is 126 Å². The van der Waals surface area contributed by atoms with Crippen LogP contribution in [0.4, 0.5) is 11.4 Å². The lowest BCUT2D eigenvalue weighted by molar-refractivity contribution is 0.922. The van der Waals surface area contributed by atoms with E-state index in [1.165, 1.54) is 28.1 Å². The Morgan fingerprint density at radius 3 is 2.20 bits per heavy atom. The minimum absolute atomic E-state index is 0.567. The summed E-state index contributed by atoms with van der Waals surface area (Å²) in [4.78, 5) is 6.85. The van der Waals surface area contributed by atoms with E-state index in [-0.39, 0.29) is 0 Å². The summed E-state index contributed by atoms with van der Waals surface area (Å²) in [6.45, 7) is 4.42. The van der Waals surface area contributed by atoms with Crippen LogP contribution in [0.15, 0.2) is 115 Å². The van der Waals surface area contributed by atoms with Gasteiger partial charge < -0.3 is 4.90 Å². The fraction of sp³-hybridized carbons (Fsp3) is 0.125. The van der Waals surface area contributed by atoms with Crippen molar-refractivity contribution >= 4 is 11.4 Å². The van der Waals surface area contributed by atoms with Crippen molar-refractivity contribution in [2.75, 3.05) is 4.90 Å². The zero-order valence-electron chi connectivity index (χ0n) is 20.1. The van der Waals surface area contributed by atoms with Crippen molar-refractivity contribution in [1.29, 1.82) is 5.26 Å². The van der Waals surface area contributed by atoms with Gasteiger partial charge in [0.2, 0.25) is 0 Å². The van der Waals surface area contributed by atoms with Crippen LogP contribution in [0, 0.1) is 18.3 Å². The van der Waals surface area contributed by atoms with E-state index in [0.29, 0.717) is 5.56 Å². The molecule has 0 spiro atoms. The van der Waals surface area contributed by atoms with Crippen LogP contribution in [0.25, 0.3) is 22.4 Å². The number of aryl methyl sites for hydroxylation is 1. The number of pyridine rings is 1. The number of para-hydroxylation sites is 2. The van der Waals surface area contributed by atoms with Crippen molar-refractivity contribution in [2.24, 2.45) is 0 Å². The van der Waals surface area contributed by atoms with E-state index in [4.69, 9.17) is 5.26 Å². The summed E-state index contributed by atoms with van der Waals surface area (Å²) < 4.78 is 0. The molecule has 170 valence electrons. The van der Waals surface area contributed by atoms with Gasteiger partial charge in [0.05, 0.1) is 16.9 Å². The zero-order chi connectivity index (χ0) is 24.2. The molecule has 0 saturated heterocycles. The smallest absolute Gasteiger partial charge is 0.101 e. The van der Waals surface area contributed by atoms with Crippen molar-refractivity contribution in [2.45, 2.75) is 26.7 Å². The molecule has 0 unspecified atom stereocenters. The molecule has 0 N–H and O–H groups in total. The first-order valence-corrected chi connectivity index (χ1v) is 11.9. The van der Waals surface area contributed by atoms with E-state index < -0.39 is 0 Å². The molecule has 0 radical (unpaired) electrons. The molecule has 1 aliphatic carbocycles. The molecule has 5 rings (SSSR count). The third-order valence-electron chi connectivity index (χ3n) is 6.53. The number of rotatable bonds is 5. The zero-order valence-corrected chi connectivity index (χ0v) is 20.1. The Kier molecular flexibility index (Phi) is 6.28. The van der Waals surface area contributed by atoms with E-state index in [2.05, 4.69) is 115 Å². The lowest BCUT2D eigenvalue weighted by Crippen LogP contribution is -2.19. The van der Waals surface area contributed by atoms with Crippen molar-refractivity contribution in [3.8, 4) is 28.5 Å². The average molecular weight is 454 g/mol. The predicted octanol–water partition coefficient (Wildman–Crippen LogP) is 8.36. The minimum Gasteiger partial charge on any atom is -0.310 e. The molecule has 0 fully saturated rings. The van der Waals surface area contributed by atoms with Crippen LogP contribution in [0.5, 0.6) is 0 Å². The Morgan fingerprint density at radius 2 is 1.51 bits per heavy atom. The molecule has 0 amide bonds. The lowest BCUT2D eigenvalue weighted by Gasteiger charge is -2.32. The van der Waals surface area contributed by atoms with Crippen LogP contribution in [-0.4, -0.2) is 4.98 Å². The molecule has 4 aromatic rings. The first-order valence-electron chi connectivity index (χ1n) is 11.9. The second-order valence-corrected chi connectivity index (χ2v) is 8.87. The van der Waals surface area contributed by atoms with Crippen LogP contribution in [0.1, 0.15) is 30.9 Å². The van der Waals surface area contributed by atoms with E-state index in [0.717, 1.165) is 35.3 Å². The van der Waals surface area contributed by atoms with Gasteiger partial charge in [-0.2, -0.15) is 5.26 Å². The van der Waals surface area contributed by atoms with E-state index in [1.54, 1.807) is 12.3 Å². The summed E-state index contributed by atoms with van der Waals surface area (Å²) >= 11 is 0. The van der Waals surface area contributed by atoms with E-state index in [9.17, 15) is 0 Å². The number of benzene rings is 3. The number of hydrogen-bond donors (Lipinski definition) is 0. The van der Waals surface area contributed by atoms with Gasteiger partial charge in [-0.15, -0.1) is 0 Å². The maximum absolute atomic E-state index is 9.04. The Morgan fingerprint density at radius 1 is 0.800 bits per heavy atom. The highest BCUT2D eigenvalue weighted by molar-refractivity contribution is 5.86. The first kappa shape index (κ1) is 22.4. The van der Waals surface area contributed by atoms with Crippen molar-refractivity contribution in [1.82, 2.24) is 4.98 Å². The minimum atomic E-state index is 0.567. The second-order valence-electron chi connectivity index (χ2n) is 8.87. The number of nitriles is 1. The quantitative estimate of drug-likeness (QED) is 0.305. The monoisotopic (exact) mass is 453 g/mol. The second kappa shape index (κ2) is 9.83. The van der Waals surface area contributed by atoms with Gasteiger partial charge in [-0.3, -0.25) is 4.98 Å². The van der Waals surface area contributed by atoms with Crippen LogP contribution in [0.3, 0.4) is 0 Å². The number of anilines is 2. The third kappa shape index (κ3) is 4.52. The maximum atomic E-state index is 9.04. The Bertz CT molecular complexity index is 1450. The van der Waals surface area contributed by atoms with Gasteiger partial charge >= 0.3 is 0 Å². The molecule has 3 heteroatoms. The molecule has 1 heterocycles. The van der Waals surface area contributed by atoms with Gasteiger partial charge in [0, 0.05) is 28.7 Å². The molecule has 0 atom stereocenters. The summed E-state index contributed by atoms with van der Waals surface area (Å²) in [6.07, 6.45) is 8.32. The molecule has 3 aromatic carbocycles. The summed E-state index contributed by atoms with van der Waals surface area (Å²) in [7, 11) is 0. The summed E-state index contributed by atoms with van der Waals surface area (Å²) in [5.41, 5.74) is 11.0. The fourth-order valence-electron chi connectivity index (χ4n) is 4.60. The third-order valence-corrected chi connectivity index (χ3v) is 6.53. The van der Waals surface area contributed by atoms with E-state index >= 15 is 0 Å². The maximum Gasteiger partial charge on any atom is 0.101 e. The molecule has 3 nitrogen and oxygen atoms in total. The first-order chi connectivity index (χ1) is 17.2. The average Bonchev–Trinajstić information content (AvgIpc) is 2.91. The Balaban J connectivity index is 1.60. The van der Waals surface area contributed by atoms with Gasteiger partial charge in [0.25, 0.3) is 0 Å². The van der Waals surface area contributed by atoms with Gasteiger partial charge in [-0.25, -0.2) is 0 Å². The molecule has 1 aliphatic rings. The van der Waals surface area contributed by atoms with Crippen LogP contribution >= 0.6 is 0 Å². The number of aromatic nitrogens is 1. The number of nitrogens with zero attached hydrogens (tertiary/aromatic N) is 3.